The van der Waals surface area contributed by atoms with E-state index in [9.17, 15) is 4.79 Å². The molecule has 1 fully saturated rings. The standard InChI is InChI=1S/C10H19NO3/c1-9(2)8-14-10(12)7-11-3-5-13-6-4-11/h9H,3-8H2,1-2H3. The molecule has 1 heterocycles. The average molecular weight is 201 g/mol. The van der Waals surface area contributed by atoms with E-state index >= 15 is 0 Å². The van der Waals surface area contributed by atoms with Gasteiger partial charge in [-0.25, -0.2) is 0 Å². The highest BCUT2D eigenvalue weighted by Crippen LogP contribution is 1.98. The number of nitrogens with zero attached hydrogens (tertiary/aromatic N) is 1. The van der Waals surface area contributed by atoms with Crippen LogP contribution in [0.15, 0.2) is 0 Å². The lowest BCUT2D eigenvalue weighted by molar-refractivity contribution is -0.147. The lowest BCUT2D eigenvalue weighted by Crippen LogP contribution is -2.40. The Morgan fingerprint density at radius 2 is 2.07 bits per heavy atom. The molecular weight excluding hydrogens is 182 g/mol. The first-order chi connectivity index (χ1) is 6.68. The zero-order valence-corrected chi connectivity index (χ0v) is 8.99. The molecule has 0 saturated carbocycles. The molecule has 0 radical (unpaired) electrons. The highest BCUT2D eigenvalue weighted by atomic mass is 16.5. The van der Waals surface area contributed by atoms with Gasteiger partial charge in [-0.3, -0.25) is 9.69 Å². The molecular formula is C10H19NO3. The van der Waals surface area contributed by atoms with Gasteiger partial charge in [0.05, 0.1) is 26.4 Å². The number of hydrogen-bond donors (Lipinski definition) is 0. The fraction of sp³-hybridized carbons (Fsp3) is 0.900. The quantitative estimate of drug-likeness (QED) is 0.621. The molecule has 0 N–H and O–H groups in total. The van der Waals surface area contributed by atoms with Gasteiger partial charge in [0, 0.05) is 13.1 Å². The Kier molecular flexibility index (Phi) is 4.90. The predicted molar refractivity (Wildman–Crippen MR) is 53.1 cm³/mol. The number of hydrogen-bond acceptors (Lipinski definition) is 4. The molecule has 0 aliphatic carbocycles. The first-order valence-corrected chi connectivity index (χ1v) is 5.14. The second kappa shape index (κ2) is 5.98. The van der Waals surface area contributed by atoms with Crippen molar-refractivity contribution in [2.75, 3.05) is 39.5 Å². The van der Waals surface area contributed by atoms with Gasteiger partial charge in [0.2, 0.25) is 0 Å². The van der Waals surface area contributed by atoms with Crippen LogP contribution in [-0.2, 0) is 14.3 Å². The van der Waals surface area contributed by atoms with Crippen molar-refractivity contribution in [3.63, 3.8) is 0 Å². The molecule has 1 aliphatic rings. The molecule has 0 amide bonds. The van der Waals surface area contributed by atoms with Crippen LogP contribution in [0, 0.1) is 5.92 Å². The van der Waals surface area contributed by atoms with Crippen LogP contribution in [0.5, 0.6) is 0 Å². The van der Waals surface area contributed by atoms with Crippen molar-refractivity contribution in [2.45, 2.75) is 13.8 Å². The second-order valence-electron chi connectivity index (χ2n) is 3.97. The molecule has 1 aliphatic heterocycles. The Bertz CT molecular complexity index is 176. The van der Waals surface area contributed by atoms with E-state index in [1.54, 1.807) is 0 Å². The Balaban J connectivity index is 2.12. The fourth-order valence-electron chi connectivity index (χ4n) is 1.25. The SMILES string of the molecule is CC(C)COC(=O)CN1CCOCC1. The van der Waals surface area contributed by atoms with Crippen LogP contribution in [0.1, 0.15) is 13.8 Å². The first kappa shape index (κ1) is 11.5. The third-order valence-corrected chi connectivity index (χ3v) is 2.03. The molecule has 1 rings (SSSR count). The van der Waals surface area contributed by atoms with Crippen molar-refractivity contribution < 1.29 is 14.3 Å². The molecule has 14 heavy (non-hydrogen) atoms. The van der Waals surface area contributed by atoms with Crippen molar-refractivity contribution in [1.29, 1.82) is 0 Å². The highest BCUT2D eigenvalue weighted by molar-refractivity contribution is 5.71. The predicted octanol–water partition coefficient (Wildman–Crippen LogP) is 0.518. The van der Waals surface area contributed by atoms with E-state index in [0.29, 0.717) is 19.1 Å². The minimum atomic E-state index is -0.124. The van der Waals surface area contributed by atoms with E-state index in [1.165, 1.54) is 0 Å². The molecule has 0 aromatic heterocycles. The maximum absolute atomic E-state index is 11.3. The zero-order valence-electron chi connectivity index (χ0n) is 8.99. The summed E-state index contributed by atoms with van der Waals surface area (Å²) >= 11 is 0. The number of morpholine rings is 1. The molecule has 0 aromatic carbocycles. The molecule has 0 atom stereocenters. The highest BCUT2D eigenvalue weighted by Gasteiger charge is 2.14. The molecule has 4 heteroatoms. The van der Waals surface area contributed by atoms with Crippen LogP contribution in [-0.4, -0.2) is 50.3 Å². The van der Waals surface area contributed by atoms with Gasteiger partial charge in [0.25, 0.3) is 0 Å². The topological polar surface area (TPSA) is 38.8 Å². The summed E-state index contributed by atoms with van der Waals surface area (Å²) in [6, 6.07) is 0. The van der Waals surface area contributed by atoms with E-state index in [0.717, 1.165) is 26.3 Å². The largest absolute Gasteiger partial charge is 0.464 e. The molecule has 0 aromatic rings. The molecule has 82 valence electrons. The van der Waals surface area contributed by atoms with Crippen molar-refractivity contribution in [1.82, 2.24) is 4.90 Å². The molecule has 4 nitrogen and oxygen atoms in total. The van der Waals surface area contributed by atoms with E-state index in [2.05, 4.69) is 4.90 Å². The Morgan fingerprint density at radius 1 is 1.43 bits per heavy atom. The van der Waals surface area contributed by atoms with Gasteiger partial charge in [0.15, 0.2) is 0 Å². The number of rotatable bonds is 4. The smallest absolute Gasteiger partial charge is 0.320 e. The van der Waals surface area contributed by atoms with E-state index in [1.807, 2.05) is 13.8 Å². The second-order valence-corrected chi connectivity index (χ2v) is 3.97. The molecule has 0 bridgehead atoms. The van der Waals surface area contributed by atoms with Gasteiger partial charge in [-0.15, -0.1) is 0 Å². The fourth-order valence-corrected chi connectivity index (χ4v) is 1.25. The van der Waals surface area contributed by atoms with Gasteiger partial charge in [0.1, 0.15) is 0 Å². The van der Waals surface area contributed by atoms with Crippen molar-refractivity contribution in [3.05, 3.63) is 0 Å². The summed E-state index contributed by atoms with van der Waals surface area (Å²) in [5.74, 6) is 0.282. The van der Waals surface area contributed by atoms with Gasteiger partial charge < -0.3 is 9.47 Å². The molecule has 0 spiro atoms. The van der Waals surface area contributed by atoms with Crippen LogP contribution in [0.25, 0.3) is 0 Å². The van der Waals surface area contributed by atoms with E-state index in [-0.39, 0.29) is 5.97 Å². The molecule has 1 saturated heterocycles. The summed E-state index contributed by atoms with van der Waals surface area (Å²) in [6.45, 7) is 8.08. The summed E-state index contributed by atoms with van der Waals surface area (Å²) in [7, 11) is 0. The third kappa shape index (κ3) is 4.58. The number of carbonyl (C=O) groups excluding carboxylic acids is 1. The summed E-state index contributed by atoms with van der Waals surface area (Å²) in [5, 5.41) is 0. The van der Waals surface area contributed by atoms with Gasteiger partial charge >= 0.3 is 5.97 Å². The van der Waals surface area contributed by atoms with Crippen molar-refractivity contribution >= 4 is 5.97 Å². The van der Waals surface area contributed by atoms with Gasteiger partial charge in [-0.2, -0.15) is 0 Å². The average Bonchev–Trinajstić information content (AvgIpc) is 2.16. The molecule has 0 unspecified atom stereocenters. The van der Waals surface area contributed by atoms with Gasteiger partial charge in [-0.05, 0) is 5.92 Å². The van der Waals surface area contributed by atoms with Crippen LogP contribution in [0.3, 0.4) is 0 Å². The summed E-state index contributed by atoms with van der Waals surface area (Å²) in [6.07, 6.45) is 0. The van der Waals surface area contributed by atoms with E-state index < -0.39 is 0 Å². The summed E-state index contributed by atoms with van der Waals surface area (Å²) < 4.78 is 10.3. The maximum Gasteiger partial charge on any atom is 0.320 e. The number of ether oxygens (including phenoxy) is 2. The third-order valence-electron chi connectivity index (χ3n) is 2.03. The minimum Gasteiger partial charge on any atom is -0.464 e. The van der Waals surface area contributed by atoms with Crippen molar-refractivity contribution in [3.8, 4) is 0 Å². The summed E-state index contributed by atoms with van der Waals surface area (Å²) in [4.78, 5) is 13.4. The lowest BCUT2D eigenvalue weighted by atomic mass is 10.2. The number of carbonyl (C=O) groups is 1. The summed E-state index contributed by atoms with van der Waals surface area (Å²) in [5.41, 5.74) is 0. The normalized spacial score (nSPS) is 18.5. The van der Waals surface area contributed by atoms with E-state index in [4.69, 9.17) is 9.47 Å². The van der Waals surface area contributed by atoms with Crippen LogP contribution in [0.4, 0.5) is 0 Å². The Hall–Kier alpha value is -0.610. The zero-order chi connectivity index (χ0) is 10.4. The Morgan fingerprint density at radius 3 is 2.64 bits per heavy atom. The van der Waals surface area contributed by atoms with Crippen molar-refractivity contribution in [2.24, 2.45) is 5.92 Å². The van der Waals surface area contributed by atoms with Crippen LogP contribution < -0.4 is 0 Å². The monoisotopic (exact) mass is 201 g/mol. The van der Waals surface area contributed by atoms with Crippen LogP contribution in [0.2, 0.25) is 0 Å². The lowest BCUT2D eigenvalue weighted by Gasteiger charge is -2.25. The maximum atomic E-state index is 11.3. The van der Waals surface area contributed by atoms with Crippen LogP contribution >= 0.6 is 0 Å². The first-order valence-electron chi connectivity index (χ1n) is 5.14. The number of esters is 1. The Labute approximate surface area is 85.2 Å². The minimum absolute atomic E-state index is 0.124. The van der Waals surface area contributed by atoms with Gasteiger partial charge in [-0.1, -0.05) is 13.8 Å².